The Morgan fingerprint density at radius 2 is 2.12 bits per heavy atom. The number of nitrogens with one attached hydrogen (secondary N) is 2. The van der Waals surface area contributed by atoms with Crippen molar-refractivity contribution >= 4 is 5.96 Å². The van der Waals surface area contributed by atoms with E-state index in [1.807, 2.05) is 13.2 Å². The molecule has 0 amide bonds. The molecule has 8 heteroatoms. The highest BCUT2D eigenvalue weighted by atomic mass is 16.3. The van der Waals surface area contributed by atoms with Crippen LogP contribution in [-0.2, 0) is 12.6 Å². The zero-order valence-electron chi connectivity index (χ0n) is 14.9. The average molecular weight is 335 g/mol. The summed E-state index contributed by atoms with van der Waals surface area (Å²) in [5, 5.41) is 21.4. The Morgan fingerprint density at radius 1 is 1.38 bits per heavy atom. The molecule has 8 nitrogen and oxygen atoms in total. The van der Waals surface area contributed by atoms with Crippen molar-refractivity contribution in [1.29, 1.82) is 0 Å². The molecule has 2 unspecified atom stereocenters. The van der Waals surface area contributed by atoms with Crippen molar-refractivity contribution in [2.75, 3.05) is 52.9 Å². The first-order valence-corrected chi connectivity index (χ1v) is 8.60. The molecule has 2 atom stereocenters. The van der Waals surface area contributed by atoms with Crippen molar-refractivity contribution in [2.24, 2.45) is 12.0 Å². The Balaban J connectivity index is 1.48. The minimum Gasteiger partial charge on any atom is -0.383 e. The molecular weight excluding hydrogens is 306 g/mol. The second kappa shape index (κ2) is 7.08. The summed E-state index contributed by atoms with van der Waals surface area (Å²) in [5.74, 6) is 0.719. The highest BCUT2D eigenvalue weighted by Crippen LogP contribution is 2.18. The first-order valence-electron chi connectivity index (χ1n) is 8.60. The largest absolute Gasteiger partial charge is 0.383 e. The van der Waals surface area contributed by atoms with Crippen molar-refractivity contribution in [3.8, 4) is 0 Å². The summed E-state index contributed by atoms with van der Waals surface area (Å²) >= 11 is 0. The minimum absolute atomic E-state index is 0.374. The molecule has 3 aliphatic heterocycles. The number of aryl methyl sites for hydroxylation is 1. The first-order chi connectivity index (χ1) is 11.5. The second-order valence-corrected chi connectivity index (χ2v) is 6.97. The zero-order valence-corrected chi connectivity index (χ0v) is 14.9. The van der Waals surface area contributed by atoms with Gasteiger partial charge in [0.05, 0.1) is 12.7 Å². The first kappa shape index (κ1) is 17.2. The fraction of sp³-hybridized carbons (Fsp3) is 0.750. The van der Waals surface area contributed by atoms with Crippen LogP contribution in [0.1, 0.15) is 12.5 Å². The van der Waals surface area contributed by atoms with Crippen molar-refractivity contribution in [3.05, 3.63) is 18.0 Å². The Morgan fingerprint density at radius 3 is 2.67 bits per heavy atom. The lowest BCUT2D eigenvalue weighted by atomic mass is 10.00. The molecule has 3 N–H and O–H groups in total. The van der Waals surface area contributed by atoms with Gasteiger partial charge in [-0.2, -0.15) is 5.10 Å². The van der Waals surface area contributed by atoms with Crippen LogP contribution >= 0.6 is 0 Å². The Kier molecular flexibility index (Phi) is 5.07. The van der Waals surface area contributed by atoms with Crippen LogP contribution in [0.5, 0.6) is 0 Å². The highest BCUT2D eigenvalue weighted by Gasteiger charge is 2.31. The van der Waals surface area contributed by atoms with E-state index in [0.717, 1.165) is 37.7 Å². The van der Waals surface area contributed by atoms with E-state index in [1.54, 1.807) is 24.9 Å². The third-order valence-electron chi connectivity index (χ3n) is 5.05. The number of nitrogens with zero attached hydrogens (tertiary/aromatic N) is 5. The highest BCUT2D eigenvalue weighted by molar-refractivity contribution is 5.79. The Hall–Kier alpha value is -1.64. The average Bonchev–Trinajstić information content (AvgIpc) is 3.03. The van der Waals surface area contributed by atoms with Crippen LogP contribution in [0.25, 0.3) is 0 Å². The number of piperazine rings is 3. The summed E-state index contributed by atoms with van der Waals surface area (Å²) in [6.07, 6.45) is 3.52. The monoisotopic (exact) mass is 335 g/mol. The normalized spacial score (nSPS) is 29.3. The van der Waals surface area contributed by atoms with Crippen LogP contribution in [0.4, 0.5) is 0 Å². The molecule has 0 radical (unpaired) electrons. The van der Waals surface area contributed by atoms with Gasteiger partial charge in [0.1, 0.15) is 5.60 Å². The lowest BCUT2D eigenvalue weighted by Crippen LogP contribution is -2.64. The van der Waals surface area contributed by atoms with Gasteiger partial charge in [-0.15, -0.1) is 0 Å². The number of aliphatic hydroxyl groups is 1. The molecular formula is C16H29N7O. The molecule has 24 heavy (non-hydrogen) atoms. The van der Waals surface area contributed by atoms with Crippen LogP contribution in [-0.4, -0.2) is 89.5 Å². The zero-order chi connectivity index (χ0) is 17.2. The van der Waals surface area contributed by atoms with Crippen LogP contribution in [0.2, 0.25) is 0 Å². The third kappa shape index (κ3) is 3.88. The molecule has 0 spiro atoms. The fourth-order valence-corrected chi connectivity index (χ4v) is 3.41. The van der Waals surface area contributed by atoms with Gasteiger partial charge >= 0.3 is 0 Å². The van der Waals surface area contributed by atoms with Gasteiger partial charge in [-0.1, -0.05) is 0 Å². The maximum Gasteiger partial charge on any atom is 0.191 e. The van der Waals surface area contributed by atoms with E-state index < -0.39 is 5.60 Å². The molecule has 2 bridgehead atoms. The molecule has 3 aliphatic rings. The maximum atomic E-state index is 10.6. The predicted octanol–water partition coefficient (Wildman–Crippen LogP) is -1.21. The summed E-state index contributed by atoms with van der Waals surface area (Å²) in [5.41, 5.74) is -0.207. The standard InChI is InChI=1S/C16H29N7O/c1-16(24,13-8-20-21(3)10-13)12-19-15(17-2)18-9-14-11-22-4-6-23(14)7-5-22/h8,10,14,24H,4-7,9,11-12H2,1-3H3,(H2,17,18,19). The minimum atomic E-state index is -0.995. The predicted molar refractivity (Wildman–Crippen MR) is 93.9 cm³/mol. The number of guanidine groups is 1. The SMILES string of the molecule is CN=C(NCC1CN2CCN1CC2)NCC(C)(O)c1cnn(C)c1. The summed E-state index contributed by atoms with van der Waals surface area (Å²) in [6, 6.07) is 0.532. The summed E-state index contributed by atoms with van der Waals surface area (Å²) in [7, 11) is 3.60. The van der Waals surface area contributed by atoms with Crippen LogP contribution in [0, 0.1) is 0 Å². The van der Waals surface area contributed by atoms with Gasteiger partial charge in [0.25, 0.3) is 0 Å². The molecule has 0 aliphatic carbocycles. The second-order valence-electron chi connectivity index (χ2n) is 6.97. The molecule has 3 saturated heterocycles. The summed E-state index contributed by atoms with van der Waals surface area (Å²) in [4.78, 5) is 9.34. The number of aliphatic imine (C=N–C) groups is 1. The molecule has 4 heterocycles. The molecule has 0 saturated carbocycles. The van der Waals surface area contributed by atoms with Gasteiger partial charge in [0.2, 0.25) is 0 Å². The van der Waals surface area contributed by atoms with E-state index in [2.05, 4.69) is 30.5 Å². The topological polar surface area (TPSA) is 81.0 Å². The number of hydrogen-bond donors (Lipinski definition) is 3. The third-order valence-corrected chi connectivity index (χ3v) is 5.05. The van der Waals surface area contributed by atoms with Crippen LogP contribution in [0.3, 0.4) is 0 Å². The Labute approximate surface area is 143 Å². The van der Waals surface area contributed by atoms with Gasteiger partial charge in [0.15, 0.2) is 5.96 Å². The van der Waals surface area contributed by atoms with Gasteiger partial charge in [0, 0.05) is 71.2 Å². The summed E-state index contributed by atoms with van der Waals surface area (Å²) < 4.78 is 1.69. The number of fused-ring (bicyclic) bond motifs is 3. The van der Waals surface area contributed by atoms with E-state index in [0.29, 0.717) is 12.6 Å². The number of hydrogen-bond acceptors (Lipinski definition) is 5. The van der Waals surface area contributed by atoms with E-state index in [4.69, 9.17) is 0 Å². The van der Waals surface area contributed by atoms with Gasteiger partial charge in [-0.05, 0) is 6.92 Å². The van der Waals surface area contributed by atoms with E-state index in [-0.39, 0.29) is 0 Å². The number of rotatable bonds is 5. The lowest BCUT2D eigenvalue weighted by molar-refractivity contribution is 0.0153. The quantitative estimate of drug-likeness (QED) is 0.463. The van der Waals surface area contributed by atoms with Gasteiger partial charge in [-0.3, -0.25) is 19.5 Å². The van der Waals surface area contributed by atoms with Gasteiger partial charge < -0.3 is 15.7 Å². The van der Waals surface area contributed by atoms with E-state index >= 15 is 0 Å². The molecule has 1 aromatic rings. The molecule has 134 valence electrons. The van der Waals surface area contributed by atoms with Gasteiger partial charge in [-0.25, -0.2) is 0 Å². The molecule has 4 rings (SSSR count). The molecule has 3 fully saturated rings. The van der Waals surface area contributed by atoms with Crippen molar-refractivity contribution in [3.63, 3.8) is 0 Å². The molecule has 1 aromatic heterocycles. The fourth-order valence-electron chi connectivity index (χ4n) is 3.41. The van der Waals surface area contributed by atoms with Crippen LogP contribution < -0.4 is 10.6 Å². The van der Waals surface area contributed by atoms with Crippen molar-refractivity contribution in [2.45, 2.75) is 18.6 Å². The number of aromatic nitrogens is 2. The Bertz CT molecular complexity index is 575. The van der Waals surface area contributed by atoms with Crippen molar-refractivity contribution < 1.29 is 5.11 Å². The van der Waals surface area contributed by atoms with E-state index in [9.17, 15) is 5.11 Å². The maximum absolute atomic E-state index is 10.6. The van der Waals surface area contributed by atoms with Crippen LogP contribution in [0.15, 0.2) is 17.4 Å². The lowest BCUT2D eigenvalue weighted by Gasteiger charge is -2.47. The summed E-state index contributed by atoms with van der Waals surface area (Å²) in [6.45, 7) is 8.85. The molecule has 0 aromatic carbocycles. The van der Waals surface area contributed by atoms with Crippen molar-refractivity contribution in [1.82, 2.24) is 30.2 Å². The van der Waals surface area contributed by atoms with E-state index in [1.165, 1.54) is 13.1 Å². The smallest absolute Gasteiger partial charge is 0.191 e.